The van der Waals surface area contributed by atoms with E-state index >= 15 is 0 Å². The van der Waals surface area contributed by atoms with Gasteiger partial charge in [0, 0.05) is 18.0 Å². The highest BCUT2D eigenvalue weighted by Crippen LogP contribution is 2.11. The maximum atomic E-state index is 12.3. The van der Waals surface area contributed by atoms with Crippen molar-refractivity contribution >= 4 is 21.9 Å². The Labute approximate surface area is 136 Å². The Balaban J connectivity index is 2.41. The first-order chi connectivity index (χ1) is 10.5. The van der Waals surface area contributed by atoms with Gasteiger partial charge in [0.25, 0.3) is 5.56 Å². The standard InChI is InChI=1S/C16H17BrN2O3/c1-2-3-4-13-7-12(16(21)22)8-15(20)19(13)10-11-5-6-14(17)18-9-11/h5-9H,2-4,10H2,1H3,(H,21,22). The molecule has 0 aliphatic rings. The Kier molecular flexibility index (Phi) is 5.49. The SMILES string of the molecule is CCCCc1cc(C(=O)O)cc(=O)n1Cc1ccc(Br)nc1. The molecule has 0 saturated carbocycles. The first-order valence-corrected chi connectivity index (χ1v) is 7.88. The second-order valence-electron chi connectivity index (χ2n) is 5.06. The molecule has 0 unspecified atom stereocenters. The van der Waals surface area contributed by atoms with E-state index in [1.54, 1.807) is 16.8 Å². The lowest BCUT2D eigenvalue weighted by Gasteiger charge is -2.13. The first kappa shape index (κ1) is 16.4. The van der Waals surface area contributed by atoms with E-state index in [4.69, 9.17) is 5.11 Å². The quantitative estimate of drug-likeness (QED) is 0.799. The average Bonchev–Trinajstić information content (AvgIpc) is 2.49. The Morgan fingerprint density at radius 3 is 2.73 bits per heavy atom. The summed E-state index contributed by atoms with van der Waals surface area (Å²) < 4.78 is 2.35. The molecule has 0 atom stereocenters. The number of halogens is 1. The molecule has 22 heavy (non-hydrogen) atoms. The summed E-state index contributed by atoms with van der Waals surface area (Å²) in [5.74, 6) is -1.08. The Morgan fingerprint density at radius 1 is 1.36 bits per heavy atom. The molecule has 0 aliphatic heterocycles. The molecule has 0 spiro atoms. The van der Waals surface area contributed by atoms with Gasteiger partial charge in [-0.15, -0.1) is 0 Å². The van der Waals surface area contributed by atoms with Gasteiger partial charge in [0.2, 0.25) is 0 Å². The van der Waals surface area contributed by atoms with Crippen LogP contribution in [0, 0.1) is 0 Å². The topological polar surface area (TPSA) is 72.2 Å². The number of aromatic nitrogens is 2. The van der Waals surface area contributed by atoms with Crippen molar-refractivity contribution in [1.82, 2.24) is 9.55 Å². The average molecular weight is 365 g/mol. The molecule has 1 N–H and O–H groups in total. The summed E-state index contributed by atoms with van der Waals surface area (Å²) in [6, 6.07) is 6.46. The third kappa shape index (κ3) is 4.04. The lowest BCUT2D eigenvalue weighted by atomic mass is 10.1. The van der Waals surface area contributed by atoms with E-state index in [1.165, 1.54) is 6.07 Å². The fraction of sp³-hybridized carbons (Fsp3) is 0.312. The van der Waals surface area contributed by atoms with Crippen molar-refractivity contribution < 1.29 is 9.90 Å². The molecule has 0 bridgehead atoms. The molecule has 0 saturated heterocycles. The minimum atomic E-state index is -1.08. The smallest absolute Gasteiger partial charge is 0.335 e. The van der Waals surface area contributed by atoms with E-state index < -0.39 is 5.97 Å². The Bertz CT molecular complexity index is 723. The van der Waals surface area contributed by atoms with Gasteiger partial charge in [-0.2, -0.15) is 0 Å². The molecule has 2 aromatic heterocycles. The highest BCUT2D eigenvalue weighted by molar-refractivity contribution is 9.10. The van der Waals surface area contributed by atoms with Gasteiger partial charge in [0.15, 0.2) is 0 Å². The maximum Gasteiger partial charge on any atom is 0.335 e. The van der Waals surface area contributed by atoms with Gasteiger partial charge >= 0.3 is 5.97 Å². The molecule has 2 heterocycles. The van der Waals surface area contributed by atoms with Crippen LogP contribution in [0.4, 0.5) is 0 Å². The van der Waals surface area contributed by atoms with Gasteiger partial charge in [-0.1, -0.05) is 19.4 Å². The van der Waals surface area contributed by atoms with E-state index in [2.05, 4.69) is 27.8 Å². The summed E-state index contributed by atoms with van der Waals surface area (Å²) in [6.07, 6.45) is 4.26. The molecule has 6 heteroatoms. The number of carbonyl (C=O) groups is 1. The number of aromatic carboxylic acids is 1. The number of aryl methyl sites for hydroxylation is 1. The largest absolute Gasteiger partial charge is 0.478 e. The van der Waals surface area contributed by atoms with E-state index in [-0.39, 0.29) is 11.1 Å². The third-order valence-electron chi connectivity index (χ3n) is 3.38. The van der Waals surface area contributed by atoms with Crippen molar-refractivity contribution in [2.75, 3.05) is 0 Å². The second-order valence-corrected chi connectivity index (χ2v) is 5.87. The highest BCUT2D eigenvalue weighted by Gasteiger charge is 2.11. The van der Waals surface area contributed by atoms with Crippen LogP contribution in [0.25, 0.3) is 0 Å². The van der Waals surface area contributed by atoms with Crippen LogP contribution in [0.5, 0.6) is 0 Å². The predicted octanol–water partition coefficient (Wildman–Crippen LogP) is 3.09. The van der Waals surface area contributed by atoms with Crippen molar-refractivity contribution in [3.8, 4) is 0 Å². The van der Waals surface area contributed by atoms with E-state index in [0.717, 1.165) is 28.7 Å². The number of pyridine rings is 2. The summed E-state index contributed by atoms with van der Waals surface area (Å²) in [7, 11) is 0. The zero-order valence-electron chi connectivity index (χ0n) is 12.3. The molecule has 0 aromatic carbocycles. The fourth-order valence-corrected chi connectivity index (χ4v) is 2.44. The van der Waals surface area contributed by atoms with Crippen LogP contribution in [-0.4, -0.2) is 20.6 Å². The molecular weight excluding hydrogens is 348 g/mol. The van der Waals surface area contributed by atoms with Crippen molar-refractivity contribution in [1.29, 1.82) is 0 Å². The summed E-state index contributed by atoms with van der Waals surface area (Å²) in [5.41, 5.74) is 1.39. The molecule has 2 aromatic rings. The summed E-state index contributed by atoms with van der Waals surface area (Å²) >= 11 is 3.27. The number of hydrogen-bond acceptors (Lipinski definition) is 3. The predicted molar refractivity (Wildman–Crippen MR) is 87.3 cm³/mol. The third-order valence-corrected chi connectivity index (χ3v) is 3.85. The maximum absolute atomic E-state index is 12.3. The molecule has 2 rings (SSSR count). The summed E-state index contributed by atoms with van der Waals surface area (Å²) in [4.78, 5) is 27.5. The lowest BCUT2D eigenvalue weighted by molar-refractivity contribution is 0.0696. The van der Waals surface area contributed by atoms with Crippen molar-refractivity contribution in [2.24, 2.45) is 0 Å². The van der Waals surface area contributed by atoms with E-state index in [9.17, 15) is 9.59 Å². The van der Waals surface area contributed by atoms with Gasteiger partial charge in [-0.25, -0.2) is 9.78 Å². The Hall–Kier alpha value is -1.95. The highest BCUT2D eigenvalue weighted by atomic mass is 79.9. The van der Waals surface area contributed by atoms with Gasteiger partial charge in [-0.3, -0.25) is 4.79 Å². The lowest BCUT2D eigenvalue weighted by Crippen LogP contribution is -2.25. The number of rotatable bonds is 6. The van der Waals surface area contributed by atoms with Crippen LogP contribution >= 0.6 is 15.9 Å². The van der Waals surface area contributed by atoms with Gasteiger partial charge in [0.05, 0.1) is 12.1 Å². The van der Waals surface area contributed by atoms with Gasteiger partial charge < -0.3 is 9.67 Å². The zero-order valence-corrected chi connectivity index (χ0v) is 13.8. The minimum absolute atomic E-state index is 0.0429. The van der Waals surface area contributed by atoms with Crippen LogP contribution in [0.3, 0.4) is 0 Å². The fourth-order valence-electron chi connectivity index (χ4n) is 2.20. The summed E-state index contributed by atoms with van der Waals surface area (Å²) in [6.45, 7) is 2.44. The van der Waals surface area contributed by atoms with Crippen LogP contribution in [0.15, 0.2) is 39.9 Å². The number of carboxylic acids is 1. The monoisotopic (exact) mass is 364 g/mol. The van der Waals surface area contributed by atoms with Gasteiger partial charge in [0.1, 0.15) is 4.60 Å². The number of unbranched alkanes of at least 4 members (excludes halogenated alkanes) is 1. The zero-order chi connectivity index (χ0) is 16.1. The van der Waals surface area contributed by atoms with E-state index in [0.29, 0.717) is 13.0 Å². The van der Waals surface area contributed by atoms with Crippen molar-refractivity contribution in [3.63, 3.8) is 0 Å². The van der Waals surface area contributed by atoms with Crippen molar-refractivity contribution in [3.05, 3.63) is 62.2 Å². The molecule has 116 valence electrons. The van der Waals surface area contributed by atoms with Crippen molar-refractivity contribution in [2.45, 2.75) is 32.7 Å². The molecule has 0 amide bonds. The number of nitrogens with zero attached hydrogens (tertiary/aromatic N) is 2. The molecule has 0 fully saturated rings. The number of carboxylic acid groups (broad SMARTS) is 1. The summed E-state index contributed by atoms with van der Waals surface area (Å²) in [5, 5.41) is 9.11. The van der Waals surface area contributed by atoms with E-state index in [1.807, 2.05) is 12.1 Å². The van der Waals surface area contributed by atoms with Crippen LogP contribution < -0.4 is 5.56 Å². The molecular formula is C16H17BrN2O3. The van der Waals surface area contributed by atoms with Crippen LogP contribution in [-0.2, 0) is 13.0 Å². The molecule has 0 radical (unpaired) electrons. The normalized spacial score (nSPS) is 10.6. The van der Waals surface area contributed by atoms with Gasteiger partial charge in [-0.05, 0) is 46.5 Å². The molecule has 5 nitrogen and oxygen atoms in total. The second kappa shape index (κ2) is 7.35. The van der Waals surface area contributed by atoms with Crippen LogP contribution in [0.2, 0.25) is 0 Å². The Morgan fingerprint density at radius 2 is 2.14 bits per heavy atom. The number of hydrogen-bond donors (Lipinski definition) is 1. The molecule has 0 aliphatic carbocycles. The minimum Gasteiger partial charge on any atom is -0.478 e. The van der Waals surface area contributed by atoms with Crippen LogP contribution in [0.1, 0.15) is 41.4 Å². The first-order valence-electron chi connectivity index (χ1n) is 7.08.